The third-order valence-corrected chi connectivity index (χ3v) is 6.32. The summed E-state index contributed by atoms with van der Waals surface area (Å²) in [5, 5.41) is 0. The Morgan fingerprint density at radius 3 is 2.50 bits per heavy atom. The van der Waals surface area contributed by atoms with E-state index in [1.807, 2.05) is 33.8 Å². The van der Waals surface area contributed by atoms with Gasteiger partial charge in [-0.15, -0.1) is 0 Å². The van der Waals surface area contributed by atoms with Crippen LogP contribution in [-0.4, -0.2) is 41.6 Å². The van der Waals surface area contributed by atoms with Gasteiger partial charge in [0.25, 0.3) is 0 Å². The Balaban J connectivity index is 2.33. The number of carbonyl (C=O) groups is 3. The van der Waals surface area contributed by atoms with Gasteiger partial charge in [0.2, 0.25) is 5.78 Å². The first-order valence-corrected chi connectivity index (χ1v) is 11.2. The van der Waals surface area contributed by atoms with Crippen molar-refractivity contribution >= 4 is 17.7 Å². The maximum absolute atomic E-state index is 13.2. The van der Waals surface area contributed by atoms with Crippen LogP contribution >= 0.6 is 0 Å². The Kier molecular flexibility index (Phi) is 8.41. The summed E-state index contributed by atoms with van der Waals surface area (Å²) in [6.07, 6.45) is 4.72. The molecule has 2 fully saturated rings. The molecule has 0 aromatic carbocycles. The van der Waals surface area contributed by atoms with E-state index in [0.717, 1.165) is 11.1 Å². The van der Waals surface area contributed by atoms with Gasteiger partial charge in [-0.3, -0.25) is 4.79 Å². The quantitative estimate of drug-likeness (QED) is 0.220. The molecule has 0 aromatic rings. The molecule has 2 unspecified atom stereocenters. The van der Waals surface area contributed by atoms with Crippen LogP contribution in [0.1, 0.15) is 67.7 Å². The molecule has 0 spiro atoms. The normalized spacial score (nSPS) is 28.3. The summed E-state index contributed by atoms with van der Waals surface area (Å²) in [5.74, 6) is -1.78. The summed E-state index contributed by atoms with van der Waals surface area (Å²) in [5.41, 5.74) is 2.04. The highest BCUT2D eigenvalue weighted by Crippen LogP contribution is 2.50. The molecule has 0 aromatic heterocycles. The number of epoxide rings is 1. The van der Waals surface area contributed by atoms with Crippen LogP contribution in [-0.2, 0) is 28.6 Å². The van der Waals surface area contributed by atoms with E-state index >= 15 is 0 Å². The molecule has 0 N–H and O–H groups in total. The summed E-state index contributed by atoms with van der Waals surface area (Å²) in [4.78, 5) is 38.1. The number of fused-ring (bicyclic) bond motifs is 1. The lowest BCUT2D eigenvalue weighted by molar-refractivity contribution is -0.157. The molecule has 6 heteroatoms. The van der Waals surface area contributed by atoms with Crippen LogP contribution in [0.4, 0.5) is 0 Å². The zero-order chi connectivity index (χ0) is 24.2. The number of ether oxygens (including phenoxy) is 3. The fraction of sp³-hybridized carbons (Fsp3) is 0.577. The van der Waals surface area contributed by atoms with E-state index in [0.29, 0.717) is 30.4 Å². The van der Waals surface area contributed by atoms with E-state index in [1.165, 1.54) is 6.08 Å². The van der Waals surface area contributed by atoms with Gasteiger partial charge in [0.1, 0.15) is 6.10 Å². The van der Waals surface area contributed by atoms with Gasteiger partial charge in [0.05, 0.1) is 6.10 Å². The van der Waals surface area contributed by atoms with Gasteiger partial charge >= 0.3 is 11.9 Å². The summed E-state index contributed by atoms with van der Waals surface area (Å²) in [6, 6.07) is 0. The van der Waals surface area contributed by atoms with E-state index in [1.54, 1.807) is 26.8 Å². The largest absolute Gasteiger partial charge is 0.454 e. The SMILES string of the molecule is C=C(C(CC=C(C)C)OC(=O)/C(C)=C\C)C1C[C@@H]2O[C@]2(C)C(=O)[C@H]1OC(=O)/C=C(\C)CC. The van der Waals surface area contributed by atoms with Gasteiger partial charge in [0.15, 0.2) is 11.7 Å². The number of Topliss-reactive ketones (excluding diaryl/α,β-unsaturated/α-hetero) is 1. The van der Waals surface area contributed by atoms with Crippen LogP contribution in [0.3, 0.4) is 0 Å². The summed E-state index contributed by atoms with van der Waals surface area (Å²) in [7, 11) is 0. The molecule has 2 rings (SSSR count). The summed E-state index contributed by atoms with van der Waals surface area (Å²) < 4.78 is 17.1. The van der Waals surface area contributed by atoms with Crippen LogP contribution in [0.2, 0.25) is 0 Å². The number of esters is 2. The van der Waals surface area contributed by atoms with Crippen molar-refractivity contribution in [3.05, 3.63) is 47.1 Å². The first kappa shape index (κ1) is 25.8. The fourth-order valence-electron chi connectivity index (χ4n) is 3.71. The second-order valence-corrected chi connectivity index (χ2v) is 9.08. The highest BCUT2D eigenvalue weighted by molar-refractivity contribution is 5.97. The van der Waals surface area contributed by atoms with Gasteiger partial charge in [-0.05, 0) is 60.0 Å². The molecule has 1 saturated heterocycles. The number of hydrogen-bond donors (Lipinski definition) is 0. The maximum Gasteiger partial charge on any atom is 0.333 e. The van der Waals surface area contributed by atoms with Crippen molar-refractivity contribution in [3.8, 4) is 0 Å². The molecule has 0 amide bonds. The van der Waals surface area contributed by atoms with Gasteiger partial charge in [-0.25, -0.2) is 9.59 Å². The standard InChI is InChI=1S/C26H36O6/c1-9-16(5)13-22(27)31-23-19(14-21-26(8,32-21)24(23)28)18(7)20(12-11-15(3)4)30-25(29)17(6)10-2/h10-11,13,19-21,23H,7,9,12,14H2,1-6,8H3/b16-13+,17-10-/t19?,20?,21-,23-,26-/m0/s1. The van der Waals surface area contributed by atoms with Crippen molar-refractivity contribution in [1.29, 1.82) is 0 Å². The molecule has 176 valence electrons. The molecule has 1 heterocycles. The minimum absolute atomic E-state index is 0.253. The van der Waals surface area contributed by atoms with Crippen molar-refractivity contribution in [2.45, 2.75) is 91.6 Å². The van der Waals surface area contributed by atoms with E-state index in [2.05, 4.69) is 6.58 Å². The van der Waals surface area contributed by atoms with E-state index in [9.17, 15) is 14.4 Å². The van der Waals surface area contributed by atoms with Crippen molar-refractivity contribution < 1.29 is 28.6 Å². The zero-order valence-electron chi connectivity index (χ0n) is 20.3. The minimum Gasteiger partial charge on any atom is -0.454 e. The Morgan fingerprint density at radius 2 is 1.94 bits per heavy atom. The zero-order valence-corrected chi connectivity index (χ0v) is 20.3. The Hall–Kier alpha value is -2.47. The second kappa shape index (κ2) is 10.4. The molecule has 32 heavy (non-hydrogen) atoms. The minimum atomic E-state index is -1.03. The average Bonchev–Trinajstić information content (AvgIpc) is 3.42. The summed E-state index contributed by atoms with van der Waals surface area (Å²) in [6.45, 7) is 17.1. The van der Waals surface area contributed by atoms with Crippen LogP contribution < -0.4 is 0 Å². The molecular weight excluding hydrogens is 408 g/mol. The number of ketones is 1. The molecular formula is C26H36O6. The van der Waals surface area contributed by atoms with Gasteiger partial charge in [-0.2, -0.15) is 0 Å². The number of rotatable bonds is 9. The van der Waals surface area contributed by atoms with Crippen LogP contribution in [0, 0.1) is 5.92 Å². The third-order valence-electron chi connectivity index (χ3n) is 6.32. The molecule has 1 aliphatic heterocycles. The first-order valence-electron chi connectivity index (χ1n) is 11.2. The van der Waals surface area contributed by atoms with Crippen molar-refractivity contribution in [1.82, 2.24) is 0 Å². The highest BCUT2D eigenvalue weighted by Gasteiger charge is 2.66. The Labute approximate surface area is 191 Å². The van der Waals surface area contributed by atoms with E-state index < -0.39 is 35.7 Å². The lowest BCUT2D eigenvalue weighted by Crippen LogP contribution is -2.48. The number of hydrogen-bond acceptors (Lipinski definition) is 6. The third kappa shape index (κ3) is 5.85. The van der Waals surface area contributed by atoms with E-state index in [4.69, 9.17) is 14.2 Å². The lowest BCUT2D eigenvalue weighted by atomic mass is 9.74. The molecule has 5 atom stereocenters. The van der Waals surface area contributed by atoms with Crippen molar-refractivity contribution in [2.75, 3.05) is 0 Å². The Morgan fingerprint density at radius 1 is 1.28 bits per heavy atom. The molecule has 0 bridgehead atoms. The van der Waals surface area contributed by atoms with E-state index in [-0.39, 0.29) is 11.9 Å². The molecule has 0 radical (unpaired) electrons. The number of carbonyl (C=O) groups excluding carboxylic acids is 3. The highest BCUT2D eigenvalue weighted by atomic mass is 16.6. The smallest absolute Gasteiger partial charge is 0.333 e. The predicted molar refractivity (Wildman–Crippen MR) is 123 cm³/mol. The topological polar surface area (TPSA) is 82.2 Å². The molecule has 1 saturated carbocycles. The van der Waals surface area contributed by atoms with Crippen molar-refractivity contribution in [2.24, 2.45) is 5.92 Å². The van der Waals surface area contributed by atoms with Crippen LogP contribution in [0.25, 0.3) is 0 Å². The monoisotopic (exact) mass is 444 g/mol. The van der Waals surface area contributed by atoms with Crippen LogP contribution in [0.5, 0.6) is 0 Å². The summed E-state index contributed by atoms with van der Waals surface area (Å²) >= 11 is 0. The lowest BCUT2D eigenvalue weighted by Gasteiger charge is -2.34. The number of allylic oxidation sites excluding steroid dienone is 3. The van der Waals surface area contributed by atoms with Gasteiger partial charge in [0, 0.05) is 24.0 Å². The molecule has 1 aliphatic carbocycles. The van der Waals surface area contributed by atoms with Gasteiger partial charge < -0.3 is 14.2 Å². The Bertz CT molecular complexity index is 873. The molecule has 2 aliphatic rings. The second-order valence-electron chi connectivity index (χ2n) is 9.08. The molecule has 6 nitrogen and oxygen atoms in total. The van der Waals surface area contributed by atoms with Crippen LogP contribution in [0.15, 0.2) is 47.1 Å². The average molecular weight is 445 g/mol. The predicted octanol–water partition coefficient (Wildman–Crippen LogP) is 4.79. The maximum atomic E-state index is 13.2. The van der Waals surface area contributed by atoms with Crippen molar-refractivity contribution in [3.63, 3.8) is 0 Å². The van der Waals surface area contributed by atoms with Gasteiger partial charge in [-0.1, -0.05) is 36.8 Å². The first-order chi connectivity index (χ1) is 14.9. The fourth-order valence-corrected chi connectivity index (χ4v) is 3.71.